The predicted octanol–water partition coefficient (Wildman–Crippen LogP) is 5.45. The molecule has 34 heavy (non-hydrogen) atoms. The van der Waals surface area contributed by atoms with E-state index in [9.17, 15) is 9.59 Å². The Morgan fingerprint density at radius 3 is 2.21 bits per heavy atom. The molecule has 3 rings (SSSR count). The highest BCUT2D eigenvalue weighted by molar-refractivity contribution is 5.96. The number of rotatable bonds is 8. The molecule has 2 aromatic carbocycles. The maximum absolute atomic E-state index is 13.3. The maximum Gasteiger partial charge on any atom is 0.227 e. The fourth-order valence-corrected chi connectivity index (χ4v) is 4.13. The van der Waals surface area contributed by atoms with Crippen molar-refractivity contribution in [3.05, 3.63) is 65.2 Å². The molecule has 1 N–H and O–H groups in total. The number of ether oxygens (including phenoxy) is 1. The van der Waals surface area contributed by atoms with Gasteiger partial charge in [-0.15, -0.1) is 0 Å². The molecule has 0 radical (unpaired) electrons. The molecule has 0 spiro atoms. The molecule has 1 heterocycles. The van der Waals surface area contributed by atoms with E-state index in [0.29, 0.717) is 19.7 Å². The highest BCUT2D eigenvalue weighted by Gasteiger charge is 2.24. The molecule has 1 aliphatic heterocycles. The molecule has 0 fully saturated rings. The third kappa shape index (κ3) is 7.69. The number of hydrogen-bond donors (Lipinski definition) is 1. The lowest BCUT2D eigenvalue weighted by atomic mass is 9.93. The number of aryl methyl sites for hydroxylation is 2. The monoisotopic (exact) mass is 464 g/mol. The summed E-state index contributed by atoms with van der Waals surface area (Å²) in [6.45, 7) is 12.1. The van der Waals surface area contributed by atoms with E-state index < -0.39 is 5.60 Å². The average Bonchev–Trinajstić information content (AvgIpc) is 2.76. The van der Waals surface area contributed by atoms with Crippen molar-refractivity contribution in [2.24, 2.45) is 5.41 Å². The van der Waals surface area contributed by atoms with Crippen LogP contribution in [-0.2, 0) is 33.7 Å². The molecule has 2 aromatic rings. The van der Waals surface area contributed by atoms with Crippen LogP contribution in [0.3, 0.4) is 0 Å². The van der Waals surface area contributed by atoms with Crippen molar-refractivity contribution in [3.8, 4) is 0 Å². The Hall–Kier alpha value is -2.66. The lowest BCUT2D eigenvalue weighted by Crippen LogP contribution is -2.41. The van der Waals surface area contributed by atoms with Crippen LogP contribution in [-0.4, -0.2) is 30.6 Å². The van der Waals surface area contributed by atoms with Crippen molar-refractivity contribution in [1.29, 1.82) is 0 Å². The summed E-state index contributed by atoms with van der Waals surface area (Å²) >= 11 is 0. The van der Waals surface area contributed by atoms with E-state index in [1.165, 1.54) is 16.7 Å². The molecule has 184 valence electrons. The zero-order valence-electron chi connectivity index (χ0n) is 21.4. The van der Waals surface area contributed by atoms with Gasteiger partial charge in [-0.05, 0) is 61.3 Å². The molecule has 5 heteroatoms. The number of amides is 2. The molecule has 0 atom stereocenters. The van der Waals surface area contributed by atoms with Crippen LogP contribution < -0.4 is 10.2 Å². The van der Waals surface area contributed by atoms with E-state index in [4.69, 9.17) is 4.74 Å². The second-order valence-electron chi connectivity index (χ2n) is 11.1. The molecular formula is C29H40N2O3. The second kappa shape index (κ2) is 11.2. The first-order chi connectivity index (χ1) is 16.0. The zero-order valence-corrected chi connectivity index (χ0v) is 21.4. The standard InChI is InChI=1S/C29H40N2O3/c1-28(2,3)18-19-34-29(4,5)21-30-26(32)16-17-27(33)31-20-24-12-7-6-10-22(24)14-15-23-11-8-9-13-25(23)31/h6-13H,14-21H2,1-5H3,(H,30,32). The average molecular weight is 465 g/mol. The van der Waals surface area contributed by atoms with Crippen LogP contribution in [0.1, 0.15) is 70.6 Å². The van der Waals surface area contributed by atoms with Gasteiger partial charge in [0, 0.05) is 31.7 Å². The maximum atomic E-state index is 13.3. The van der Waals surface area contributed by atoms with Gasteiger partial charge in [0.15, 0.2) is 0 Å². The molecule has 2 amide bonds. The molecule has 0 saturated heterocycles. The van der Waals surface area contributed by atoms with Crippen LogP contribution in [0, 0.1) is 5.41 Å². The summed E-state index contributed by atoms with van der Waals surface area (Å²) in [7, 11) is 0. The van der Waals surface area contributed by atoms with Crippen LogP contribution >= 0.6 is 0 Å². The van der Waals surface area contributed by atoms with E-state index in [2.05, 4.69) is 50.4 Å². The molecule has 0 saturated carbocycles. The lowest BCUT2D eigenvalue weighted by Gasteiger charge is -2.29. The van der Waals surface area contributed by atoms with Crippen LogP contribution in [0.4, 0.5) is 5.69 Å². The zero-order chi connectivity index (χ0) is 24.8. The number of nitrogens with zero attached hydrogens (tertiary/aromatic N) is 1. The number of benzene rings is 2. The minimum absolute atomic E-state index is 0.0278. The van der Waals surface area contributed by atoms with Gasteiger partial charge >= 0.3 is 0 Å². The third-order valence-corrected chi connectivity index (χ3v) is 6.32. The first-order valence-electron chi connectivity index (χ1n) is 12.4. The third-order valence-electron chi connectivity index (χ3n) is 6.32. The van der Waals surface area contributed by atoms with Gasteiger partial charge in [0.05, 0.1) is 12.1 Å². The van der Waals surface area contributed by atoms with Crippen molar-refractivity contribution in [1.82, 2.24) is 5.32 Å². The largest absolute Gasteiger partial charge is 0.374 e. The molecule has 0 aliphatic carbocycles. The Morgan fingerprint density at radius 2 is 1.50 bits per heavy atom. The van der Waals surface area contributed by atoms with E-state index >= 15 is 0 Å². The molecular weight excluding hydrogens is 424 g/mol. The summed E-state index contributed by atoms with van der Waals surface area (Å²) in [4.78, 5) is 27.7. The summed E-state index contributed by atoms with van der Waals surface area (Å²) < 4.78 is 5.98. The highest BCUT2D eigenvalue weighted by atomic mass is 16.5. The van der Waals surface area contributed by atoms with Gasteiger partial charge in [-0.1, -0.05) is 63.2 Å². The van der Waals surface area contributed by atoms with E-state index in [-0.39, 0.29) is 30.1 Å². The van der Waals surface area contributed by atoms with Crippen LogP contribution in [0.5, 0.6) is 0 Å². The van der Waals surface area contributed by atoms with Gasteiger partial charge in [0.25, 0.3) is 0 Å². The number of fused-ring (bicyclic) bond motifs is 2. The van der Waals surface area contributed by atoms with Crippen molar-refractivity contribution in [2.75, 3.05) is 18.1 Å². The summed E-state index contributed by atoms with van der Waals surface area (Å²) in [5.74, 6) is -0.151. The number of carbonyl (C=O) groups excluding carboxylic acids is 2. The van der Waals surface area contributed by atoms with Gasteiger partial charge in [-0.3, -0.25) is 9.59 Å². The second-order valence-corrected chi connectivity index (χ2v) is 11.1. The van der Waals surface area contributed by atoms with Crippen LogP contribution in [0.2, 0.25) is 0 Å². The summed E-state index contributed by atoms with van der Waals surface area (Å²) in [6.07, 6.45) is 3.15. The van der Waals surface area contributed by atoms with Gasteiger partial charge in [0.1, 0.15) is 0 Å². The summed E-state index contributed by atoms with van der Waals surface area (Å²) in [6, 6.07) is 16.4. The SMILES string of the molecule is CC(C)(C)CCOC(C)(C)CNC(=O)CCC(=O)N1Cc2ccccc2CCc2ccccc21. The fraction of sp³-hybridized carbons (Fsp3) is 0.517. The van der Waals surface area contributed by atoms with Crippen LogP contribution in [0.15, 0.2) is 48.5 Å². The van der Waals surface area contributed by atoms with Gasteiger partial charge in [0.2, 0.25) is 11.8 Å². The molecule has 0 unspecified atom stereocenters. The van der Waals surface area contributed by atoms with Crippen molar-refractivity contribution >= 4 is 17.5 Å². The van der Waals surface area contributed by atoms with Gasteiger partial charge in [-0.25, -0.2) is 0 Å². The lowest BCUT2D eigenvalue weighted by molar-refractivity contribution is -0.126. The van der Waals surface area contributed by atoms with E-state index in [0.717, 1.165) is 24.9 Å². The molecule has 1 aliphatic rings. The minimum Gasteiger partial charge on any atom is -0.374 e. The Balaban J connectivity index is 1.57. The molecule has 0 aromatic heterocycles. The van der Waals surface area contributed by atoms with E-state index in [1.54, 1.807) is 0 Å². The Bertz CT molecular complexity index is 991. The highest BCUT2D eigenvalue weighted by Crippen LogP contribution is 2.29. The fourth-order valence-electron chi connectivity index (χ4n) is 4.13. The van der Waals surface area contributed by atoms with Crippen molar-refractivity contribution in [3.63, 3.8) is 0 Å². The predicted molar refractivity (Wildman–Crippen MR) is 138 cm³/mol. The minimum atomic E-state index is -0.448. The Morgan fingerprint density at radius 1 is 0.882 bits per heavy atom. The number of hydrogen-bond acceptors (Lipinski definition) is 3. The van der Waals surface area contributed by atoms with Crippen LogP contribution in [0.25, 0.3) is 0 Å². The number of anilines is 1. The number of carbonyl (C=O) groups is 2. The molecule has 5 nitrogen and oxygen atoms in total. The van der Waals surface area contributed by atoms with Gasteiger partial charge in [-0.2, -0.15) is 0 Å². The first-order valence-corrected chi connectivity index (χ1v) is 12.4. The van der Waals surface area contributed by atoms with Crippen molar-refractivity contribution in [2.45, 2.75) is 78.9 Å². The number of para-hydroxylation sites is 1. The normalized spacial score (nSPS) is 14.0. The quantitative estimate of drug-likeness (QED) is 0.565. The number of nitrogens with one attached hydrogen (secondary N) is 1. The topological polar surface area (TPSA) is 58.6 Å². The Labute approximate surface area is 204 Å². The van der Waals surface area contributed by atoms with E-state index in [1.807, 2.05) is 43.0 Å². The van der Waals surface area contributed by atoms with Crippen molar-refractivity contribution < 1.29 is 14.3 Å². The summed E-state index contributed by atoms with van der Waals surface area (Å²) in [5, 5.41) is 2.95. The smallest absolute Gasteiger partial charge is 0.227 e. The summed E-state index contributed by atoms with van der Waals surface area (Å²) in [5.41, 5.74) is 4.34. The first kappa shape index (κ1) is 26.0. The Kier molecular flexibility index (Phi) is 8.53. The van der Waals surface area contributed by atoms with Gasteiger partial charge < -0.3 is 15.0 Å². The molecule has 0 bridgehead atoms.